The summed E-state index contributed by atoms with van der Waals surface area (Å²) in [6.07, 6.45) is 4.62. The Kier molecular flexibility index (Phi) is 9.10. The average Bonchev–Trinajstić information content (AvgIpc) is 3.40. The third-order valence-corrected chi connectivity index (χ3v) is 10.2. The number of aryl methyl sites for hydroxylation is 2. The molecule has 2 aromatic carbocycles. The number of nitrogens with one attached hydrogen (secondary N) is 1. The van der Waals surface area contributed by atoms with Crippen LogP contribution in [-0.2, 0) is 16.6 Å². The Balaban J connectivity index is 1.43. The molecule has 0 radical (unpaired) electrons. The molecule has 13 heteroatoms. The summed E-state index contributed by atoms with van der Waals surface area (Å²) in [5.41, 5.74) is 3.28. The summed E-state index contributed by atoms with van der Waals surface area (Å²) < 4.78 is 36.2. The van der Waals surface area contributed by atoms with Gasteiger partial charge in [0.25, 0.3) is 15.9 Å². The second-order valence-corrected chi connectivity index (χ2v) is 16.2. The van der Waals surface area contributed by atoms with Crippen LogP contribution >= 0.6 is 0 Å². The fraction of sp³-hybridized carbons (Fsp3) is 0.417. The molecule has 12 nitrogen and oxygen atoms in total. The zero-order chi connectivity index (χ0) is 35.1. The lowest BCUT2D eigenvalue weighted by Crippen LogP contribution is -2.45. The number of aliphatic hydroxyl groups is 1. The van der Waals surface area contributed by atoms with Gasteiger partial charge in [-0.25, -0.2) is 28.1 Å². The summed E-state index contributed by atoms with van der Waals surface area (Å²) in [6, 6.07) is 13.1. The van der Waals surface area contributed by atoms with Gasteiger partial charge in [-0.15, -0.1) is 0 Å². The van der Waals surface area contributed by atoms with Crippen LogP contribution in [0.1, 0.15) is 67.8 Å². The molecule has 1 saturated heterocycles. The quantitative estimate of drug-likeness (QED) is 0.289. The highest BCUT2D eigenvalue weighted by atomic mass is 32.2. The molecule has 49 heavy (non-hydrogen) atoms. The number of nitrogens with zero attached hydrogens (tertiary/aromatic N) is 6. The van der Waals surface area contributed by atoms with E-state index in [9.17, 15) is 18.3 Å². The summed E-state index contributed by atoms with van der Waals surface area (Å²) in [5.74, 6) is 0.0675. The first-order valence-corrected chi connectivity index (χ1v) is 17.9. The van der Waals surface area contributed by atoms with Crippen molar-refractivity contribution in [3.05, 3.63) is 83.4 Å². The first kappa shape index (κ1) is 34.3. The van der Waals surface area contributed by atoms with Gasteiger partial charge in [0.15, 0.2) is 0 Å². The van der Waals surface area contributed by atoms with E-state index in [-0.39, 0.29) is 46.8 Å². The van der Waals surface area contributed by atoms with Gasteiger partial charge in [0.2, 0.25) is 11.8 Å². The van der Waals surface area contributed by atoms with Crippen molar-refractivity contribution < 1.29 is 23.1 Å². The van der Waals surface area contributed by atoms with E-state index in [1.807, 2.05) is 43.9 Å². The van der Waals surface area contributed by atoms with E-state index in [2.05, 4.69) is 45.4 Å². The van der Waals surface area contributed by atoms with Crippen molar-refractivity contribution in [1.29, 1.82) is 0 Å². The normalized spacial score (nSPS) is 20.9. The van der Waals surface area contributed by atoms with Gasteiger partial charge in [-0.2, -0.15) is 4.98 Å². The highest BCUT2D eigenvalue weighted by Crippen LogP contribution is 2.32. The molecule has 258 valence electrons. The number of hydrogen-bond acceptors (Lipinski definition) is 10. The lowest BCUT2D eigenvalue weighted by molar-refractivity contribution is 0.0505. The molecule has 1 amide bonds. The number of sulfonamides is 1. The van der Waals surface area contributed by atoms with Crippen molar-refractivity contribution in [2.75, 3.05) is 29.3 Å². The average molecular weight is 686 g/mol. The molecule has 0 saturated carbocycles. The molecule has 6 rings (SSSR count). The molecule has 2 aromatic heterocycles. The van der Waals surface area contributed by atoms with Crippen LogP contribution in [0, 0.1) is 19.3 Å². The molecule has 0 spiro atoms. The van der Waals surface area contributed by atoms with Gasteiger partial charge in [-0.3, -0.25) is 4.79 Å². The van der Waals surface area contributed by atoms with Crippen molar-refractivity contribution in [1.82, 2.24) is 24.8 Å². The zero-order valence-corrected chi connectivity index (χ0v) is 29.6. The number of β-amino-alcohol motifs (C(OH)–C–C–N with tert-alkyl or cyclic N) is 1. The van der Waals surface area contributed by atoms with Crippen LogP contribution in [0.5, 0.6) is 5.88 Å². The van der Waals surface area contributed by atoms with E-state index in [1.165, 1.54) is 12.1 Å². The standard InChI is InChI=1S/C36H43N7O5S/c1-23-9-7-10-24(2)32(23)29-16-31-40-34(39-29)41-49(46,47)28-12-8-11-25(15-28)33(44)43(26(21-48-31)17-35(3,4)5)20-30-37-18-27(19-38-30)42-14-13-36(6,45)22-42/h7-12,15-16,18-19,26,45H,13-14,17,20-22H2,1-6H3,(H,39,40,41)/t26-,36-/m1/s1. The highest BCUT2D eigenvalue weighted by Gasteiger charge is 2.34. The van der Waals surface area contributed by atoms with Crippen LogP contribution in [0.2, 0.25) is 0 Å². The number of carbonyl (C=O) groups is 1. The third-order valence-electron chi connectivity index (χ3n) is 8.85. The number of benzene rings is 2. The van der Waals surface area contributed by atoms with Crippen LogP contribution in [0.25, 0.3) is 11.3 Å². The van der Waals surface area contributed by atoms with Crippen molar-refractivity contribution in [3.8, 4) is 17.1 Å². The van der Waals surface area contributed by atoms with E-state index in [0.29, 0.717) is 37.4 Å². The van der Waals surface area contributed by atoms with Gasteiger partial charge in [-0.05, 0) is 68.4 Å². The van der Waals surface area contributed by atoms with E-state index in [4.69, 9.17) is 4.74 Å². The number of amides is 1. The third kappa shape index (κ3) is 7.83. The predicted molar refractivity (Wildman–Crippen MR) is 187 cm³/mol. The molecule has 0 unspecified atom stereocenters. The number of rotatable bonds is 5. The fourth-order valence-corrected chi connectivity index (χ4v) is 7.45. The minimum atomic E-state index is -4.19. The number of hydrogen-bond donors (Lipinski definition) is 2. The van der Waals surface area contributed by atoms with Crippen LogP contribution < -0.4 is 14.4 Å². The summed E-state index contributed by atoms with van der Waals surface area (Å²) in [7, 11) is -4.19. The molecule has 1 fully saturated rings. The number of fused-ring (bicyclic) bond motifs is 4. The number of carbonyl (C=O) groups excluding carboxylic acids is 1. The minimum absolute atomic E-state index is 0.0544. The maximum Gasteiger partial charge on any atom is 0.264 e. The molecule has 4 aromatic rings. The fourth-order valence-electron chi connectivity index (χ4n) is 6.46. The van der Waals surface area contributed by atoms with Gasteiger partial charge >= 0.3 is 0 Å². The molecular formula is C36H43N7O5S. The molecular weight excluding hydrogens is 643 g/mol. The number of aromatic nitrogens is 4. The summed E-state index contributed by atoms with van der Waals surface area (Å²) in [5, 5.41) is 10.4. The van der Waals surface area contributed by atoms with E-state index in [0.717, 1.165) is 22.4 Å². The molecule has 2 aliphatic heterocycles. The molecule has 2 aliphatic rings. The molecule has 0 aliphatic carbocycles. The van der Waals surface area contributed by atoms with E-state index in [1.54, 1.807) is 35.5 Å². The maximum absolute atomic E-state index is 14.4. The Hall–Kier alpha value is -4.62. The summed E-state index contributed by atoms with van der Waals surface area (Å²) in [6.45, 7) is 13.3. The van der Waals surface area contributed by atoms with Crippen molar-refractivity contribution in [2.24, 2.45) is 5.41 Å². The van der Waals surface area contributed by atoms with Crippen molar-refractivity contribution in [3.63, 3.8) is 0 Å². The Morgan fingerprint density at radius 1 is 1.04 bits per heavy atom. The monoisotopic (exact) mass is 685 g/mol. The summed E-state index contributed by atoms with van der Waals surface area (Å²) in [4.78, 5) is 36.3. The maximum atomic E-state index is 14.4. The smallest absolute Gasteiger partial charge is 0.264 e. The minimum Gasteiger partial charge on any atom is -0.475 e. The van der Waals surface area contributed by atoms with Gasteiger partial charge in [0.05, 0.1) is 46.9 Å². The van der Waals surface area contributed by atoms with Crippen LogP contribution in [0.4, 0.5) is 11.6 Å². The van der Waals surface area contributed by atoms with Crippen LogP contribution in [-0.4, -0.2) is 75.6 Å². The Bertz CT molecular complexity index is 1960. The SMILES string of the molecule is Cc1cccc(C)c1-c1cc2nc(n1)NS(=O)(=O)c1cccc(c1)C(=O)N(Cc1ncc(N3CC[C@@](C)(O)C3)cn1)[C@H](CC(C)(C)C)CO2. The van der Waals surface area contributed by atoms with Gasteiger partial charge in [0, 0.05) is 30.3 Å². The lowest BCUT2D eigenvalue weighted by atomic mass is 9.87. The Morgan fingerprint density at radius 3 is 2.39 bits per heavy atom. The second kappa shape index (κ2) is 13.0. The van der Waals surface area contributed by atoms with Gasteiger partial charge < -0.3 is 19.6 Å². The van der Waals surface area contributed by atoms with E-state index >= 15 is 0 Å². The number of anilines is 2. The highest BCUT2D eigenvalue weighted by molar-refractivity contribution is 7.92. The topological polar surface area (TPSA) is 151 Å². The van der Waals surface area contributed by atoms with Crippen molar-refractivity contribution in [2.45, 2.75) is 77.5 Å². The second-order valence-electron chi connectivity index (χ2n) is 14.5. The molecule has 2 N–H and O–H groups in total. The Labute approximate surface area is 287 Å². The van der Waals surface area contributed by atoms with Gasteiger partial charge in [0.1, 0.15) is 12.4 Å². The lowest BCUT2D eigenvalue weighted by Gasteiger charge is -2.35. The zero-order valence-electron chi connectivity index (χ0n) is 28.8. The largest absolute Gasteiger partial charge is 0.475 e. The molecule has 4 heterocycles. The van der Waals surface area contributed by atoms with Crippen molar-refractivity contribution >= 4 is 27.6 Å². The molecule has 4 bridgehead atoms. The van der Waals surface area contributed by atoms with Crippen LogP contribution in [0.3, 0.4) is 0 Å². The first-order chi connectivity index (χ1) is 23.1. The number of ether oxygens (including phenoxy) is 1. The predicted octanol–water partition coefficient (Wildman–Crippen LogP) is 5.15. The molecule has 2 atom stereocenters. The Morgan fingerprint density at radius 2 is 1.73 bits per heavy atom. The first-order valence-electron chi connectivity index (χ1n) is 16.4. The van der Waals surface area contributed by atoms with E-state index < -0.39 is 21.7 Å². The van der Waals surface area contributed by atoms with Gasteiger partial charge in [-0.1, -0.05) is 45.0 Å². The summed E-state index contributed by atoms with van der Waals surface area (Å²) >= 11 is 0. The van der Waals surface area contributed by atoms with Crippen LogP contribution in [0.15, 0.2) is 65.8 Å².